The fraction of sp³-hybridized carbons (Fsp3) is 0.200. The van der Waals surface area contributed by atoms with Gasteiger partial charge in [0, 0.05) is 11.6 Å². The van der Waals surface area contributed by atoms with E-state index in [0.29, 0.717) is 5.39 Å². The van der Waals surface area contributed by atoms with E-state index in [1.807, 2.05) is 5.32 Å². The first-order valence-corrected chi connectivity index (χ1v) is 4.88. The molecule has 0 fully saturated rings. The highest BCUT2D eigenvalue weighted by Gasteiger charge is 2.30. The number of anilines is 1. The Balaban J connectivity index is 2.54. The molecule has 8 heteroatoms. The van der Waals surface area contributed by atoms with Gasteiger partial charge in [-0.15, -0.1) is 0 Å². The monoisotopic (exact) mass is 259 g/mol. The van der Waals surface area contributed by atoms with E-state index in [-0.39, 0.29) is 11.5 Å². The first-order valence-electron chi connectivity index (χ1n) is 4.88. The third-order valence-electron chi connectivity index (χ3n) is 2.23. The summed E-state index contributed by atoms with van der Waals surface area (Å²) in [5, 5.41) is 10.9. The quantitative estimate of drug-likeness (QED) is 0.871. The lowest BCUT2D eigenvalue weighted by molar-refractivity contribution is -0.139. The maximum atomic E-state index is 12.4. The van der Waals surface area contributed by atoms with Gasteiger partial charge in [0.1, 0.15) is 18.0 Å². The number of nitrogens with one attached hydrogen (secondary N) is 1. The van der Waals surface area contributed by atoms with Crippen LogP contribution in [0.3, 0.4) is 0 Å². The number of hydrogen-bond acceptors (Lipinski definition) is 2. The van der Waals surface area contributed by atoms with Crippen molar-refractivity contribution in [3.05, 3.63) is 24.4 Å². The molecule has 0 aliphatic heterocycles. The molecule has 1 amide bonds. The smallest absolute Gasteiger partial charge is 0.410 e. The van der Waals surface area contributed by atoms with E-state index in [4.69, 9.17) is 5.11 Å². The molecule has 0 aliphatic carbocycles. The molecule has 0 saturated heterocycles. The van der Waals surface area contributed by atoms with Crippen LogP contribution in [0.1, 0.15) is 0 Å². The maximum Gasteiger partial charge on any atom is 0.410 e. The number of pyridine rings is 1. The van der Waals surface area contributed by atoms with E-state index in [0.717, 1.165) is 4.57 Å². The number of hydrogen-bond donors (Lipinski definition) is 2. The minimum absolute atomic E-state index is 0.0820. The Labute approximate surface area is 98.8 Å². The highest BCUT2D eigenvalue weighted by atomic mass is 19.4. The molecule has 2 heterocycles. The molecule has 2 aromatic rings. The van der Waals surface area contributed by atoms with Crippen LogP contribution in [0.2, 0.25) is 0 Å². The number of rotatable bonds is 2. The molecule has 0 radical (unpaired) electrons. The molecule has 2 aromatic heterocycles. The second-order valence-electron chi connectivity index (χ2n) is 3.58. The average Bonchev–Trinajstić information content (AvgIpc) is 2.54. The van der Waals surface area contributed by atoms with Gasteiger partial charge >= 0.3 is 12.3 Å². The van der Waals surface area contributed by atoms with Gasteiger partial charge in [-0.2, -0.15) is 13.2 Å². The molecule has 18 heavy (non-hydrogen) atoms. The zero-order valence-electron chi connectivity index (χ0n) is 8.90. The van der Waals surface area contributed by atoms with Gasteiger partial charge in [0.15, 0.2) is 0 Å². The van der Waals surface area contributed by atoms with Crippen molar-refractivity contribution in [3.63, 3.8) is 0 Å². The zero-order valence-corrected chi connectivity index (χ0v) is 8.90. The number of fused-ring (bicyclic) bond motifs is 1. The van der Waals surface area contributed by atoms with Crippen molar-refractivity contribution in [1.82, 2.24) is 9.55 Å². The molecular formula is C10H8F3N3O2. The SMILES string of the molecule is O=C(O)Nc1cc2cccnc2n1CC(F)(F)F. The van der Waals surface area contributed by atoms with Gasteiger partial charge < -0.3 is 9.67 Å². The number of aromatic nitrogens is 2. The van der Waals surface area contributed by atoms with Crippen LogP contribution in [0, 0.1) is 0 Å². The second kappa shape index (κ2) is 4.21. The van der Waals surface area contributed by atoms with E-state index < -0.39 is 18.8 Å². The van der Waals surface area contributed by atoms with Crippen molar-refractivity contribution in [3.8, 4) is 0 Å². The Kier molecular flexibility index (Phi) is 2.85. The Morgan fingerprint density at radius 2 is 2.22 bits per heavy atom. The Morgan fingerprint density at radius 1 is 1.50 bits per heavy atom. The van der Waals surface area contributed by atoms with Crippen molar-refractivity contribution in [2.45, 2.75) is 12.7 Å². The first kappa shape index (κ1) is 12.2. The van der Waals surface area contributed by atoms with E-state index in [1.54, 1.807) is 12.1 Å². The molecule has 0 saturated carbocycles. The van der Waals surface area contributed by atoms with Crippen molar-refractivity contribution in [2.75, 3.05) is 5.32 Å². The standard InChI is InChI=1S/C10H8F3N3O2/c11-10(12,13)5-16-7(15-9(17)18)4-6-2-1-3-14-8(6)16/h1-4,15H,5H2,(H,17,18). The van der Waals surface area contributed by atoms with Crippen LogP contribution in [0.5, 0.6) is 0 Å². The third-order valence-corrected chi connectivity index (χ3v) is 2.23. The molecule has 0 spiro atoms. The summed E-state index contributed by atoms with van der Waals surface area (Å²) in [5.74, 6) is -0.159. The van der Waals surface area contributed by atoms with Crippen molar-refractivity contribution in [1.29, 1.82) is 0 Å². The highest BCUT2D eigenvalue weighted by Crippen LogP contribution is 2.27. The minimum atomic E-state index is -4.46. The number of carbonyl (C=O) groups is 1. The highest BCUT2D eigenvalue weighted by molar-refractivity contribution is 5.88. The van der Waals surface area contributed by atoms with E-state index >= 15 is 0 Å². The predicted octanol–water partition coefficient (Wildman–Crippen LogP) is 2.69. The van der Waals surface area contributed by atoms with E-state index in [2.05, 4.69) is 4.98 Å². The number of alkyl halides is 3. The fourth-order valence-electron chi connectivity index (χ4n) is 1.64. The lowest BCUT2D eigenvalue weighted by Gasteiger charge is -2.12. The Morgan fingerprint density at radius 3 is 2.83 bits per heavy atom. The molecule has 5 nitrogen and oxygen atoms in total. The summed E-state index contributed by atoms with van der Waals surface area (Å²) in [5.41, 5.74) is 0.0820. The minimum Gasteiger partial charge on any atom is -0.465 e. The van der Waals surface area contributed by atoms with E-state index in [9.17, 15) is 18.0 Å². The van der Waals surface area contributed by atoms with Gasteiger partial charge in [-0.3, -0.25) is 5.32 Å². The van der Waals surface area contributed by atoms with Crippen molar-refractivity contribution in [2.24, 2.45) is 0 Å². The predicted molar refractivity (Wildman–Crippen MR) is 57.4 cm³/mol. The number of nitrogens with zero attached hydrogens (tertiary/aromatic N) is 2. The van der Waals surface area contributed by atoms with Crippen LogP contribution in [-0.2, 0) is 6.54 Å². The van der Waals surface area contributed by atoms with Gasteiger partial charge in [-0.05, 0) is 18.2 Å². The topological polar surface area (TPSA) is 67.2 Å². The summed E-state index contributed by atoms with van der Waals surface area (Å²) in [6, 6.07) is 4.43. The lowest BCUT2D eigenvalue weighted by Crippen LogP contribution is -2.21. The Hall–Kier alpha value is -2.25. The summed E-state index contributed by atoms with van der Waals surface area (Å²) in [7, 11) is 0. The molecule has 2 rings (SSSR count). The number of carboxylic acid groups (broad SMARTS) is 1. The largest absolute Gasteiger partial charge is 0.465 e. The van der Waals surface area contributed by atoms with Crippen LogP contribution in [0.4, 0.5) is 23.8 Å². The number of halogens is 3. The van der Waals surface area contributed by atoms with Crippen LogP contribution in [-0.4, -0.2) is 26.9 Å². The average molecular weight is 259 g/mol. The molecule has 0 atom stereocenters. The molecule has 0 bridgehead atoms. The van der Waals surface area contributed by atoms with Gasteiger partial charge in [-0.25, -0.2) is 9.78 Å². The fourth-order valence-corrected chi connectivity index (χ4v) is 1.64. The zero-order chi connectivity index (χ0) is 13.3. The summed E-state index contributed by atoms with van der Waals surface area (Å²) in [6.07, 6.45) is -4.54. The molecule has 2 N–H and O–H groups in total. The maximum absolute atomic E-state index is 12.4. The van der Waals surface area contributed by atoms with Crippen molar-refractivity contribution >= 4 is 22.9 Å². The Bertz CT molecular complexity index is 592. The van der Waals surface area contributed by atoms with Crippen LogP contribution < -0.4 is 5.32 Å². The summed E-state index contributed by atoms with van der Waals surface area (Å²) >= 11 is 0. The molecule has 96 valence electrons. The molecule has 0 aliphatic rings. The van der Waals surface area contributed by atoms with Crippen LogP contribution >= 0.6 is 0 Å². The van der Waals surface area contributed by atoms with Gasteiger partial charge in [-0.1, -0.05) is 0 Å². The van der Waals surface area contributed by atoms with Gasteiger partial charge in [0.05, 0.1) is 0 Å². The second-order valence-corrected chi connectivity index (χ2v) is 3.58. The number of amides is 1. The van der Waals surface area contributed by atoms with Gasteiger partial charge in [0.25, 0.3) is 0 Å². The van der Waals surface area contributed by atoms with Crippen LogP contribution in [0.15, 0.2) is 24.4 Å². The summed E-state index contributed by atoms with van der Waals surface area (Å²) in [6.45, 7) is -1.30. The van der Waals surface area contributed by atoms with Crippen LogP contribution in [0.25, 0.3) is 11.0 Å². The lowest BCUT2D eigenvalue weighted by atomic mass is 10.3. The third kappa shape index (κ3) is 2.53. The summed E-state index contributed by atoms with van der Waals surface area (Å²) in [4.78, 5) is 14.4. The first-order chi connectivity index (χ1) is 8.37. The molecule has 0 aromatic carbocycles. The van der Waals surface area contributed by atoms with E-state index in [1.165, 1.54) is 12.3 Å². The normalized spacial score (nSPS) is 11.7. The molecule has 0 unspecified atom stereocenters. The molecular weight excluding hydrogens is 251 g/mol. The van der Waals surface area contributed by atoms with Crippen molar-refractivity contribution < 1.29 is 23.1 Å². The van der Waals surface area contributed by atoms with Gasteiger partial charge in [0.2, 0.25) is 0 Å². The summed E-state index contributed by atoms with van der Waals surface area (Å²) < 4.78 is 38.1.